The van der Waals surface area contributed by atoms with Crippen molar-refractivity contribution < 1.29 is 4.92 Å². The SMILES string of the molecule is Nc1ccc(NCc2ccccn2)cc1.O=[N+]([O-])c1ccc(NCc2ccccn2)cc1. The Labute approximate surface area is 186 Å². The third-order valence-electron chi connectivity index (χ3n) is 4.39. The van der Waals surface area contributed by atoms with Crippen LogP contribution >= 0.6 is 0 Å². The third kappa shape index (κ3) is 7.42. The van der Waals surface area contributed by atoms with Gasteiger partial charge < -0.3 is 16.4 Å². The van der Waals surface area contributed by atoms with Gasteiger partial charge >= 0.3 is 0 Å². The van der Waals surface area contributed by atoms with E-state index < -0.39 is 4.92 Å². The molecule has 0 fully saturated rings. The lowest BCUT2D eigenvalue weighted by Gasteiger charge is -2.05. The smallest absolute Gasteiger partial charge is 0.269 e. The lowest BCUT2D eigenvalue weighted by atomic mass is 10.2. The molecule has 0 aliphatic carbocycles. The Morgan fingerprint density at radius 2 is 1.19 bits per heavy atom. The molecule has 0 amide bonds. The number of nitro benzene ring substituents is 1. The van der Waals surface area contributed by atoms with Crippen LogP contribution in [0.4, 0.5) is 22.7 Å². The summed E-state index contributed by atoms with van der Waals surface area (Å²) in [6, 6.07) is 25.5. The number of non-ortho nitro benzene ring substituents is 1. The summed E-state index contributed by atoms with van der Waals surface area (Å²) in [6.45, 7) is 1.32. The predicted octanol–water partition coefficient (Wildman–Crippen LogP) is 4.88. The topological polar surface area (TPSA) is 119 Å². The van der Waals surface area contributed by atoms with Crippen LogP contribution in [0.3, 0.4) is 0 Å². The van der Waals surface area contributed by atoms with E-state index in [1.165, 1.54) is 12.1 Å². The molecule has 0 unspecified atom stereocenters. The average molecular weight is 428 g/mol. The molecule has 0 aliphatic rings. The molecule has 0 atom stereocenters. The number of nitro groups is 1. The van der Waals surface area contributed by atoms with Gasteiger partial charge in [0.2, 0.25) is 0 Å². The zero-order valence-electron chi connectivity index (χ0n) is 17.4. The molecule has 4 rings (SSSR count). The van der Waals surface area contributed by atoms with Crippen LogP contribution in [-0.4, -0.2) is 14.9 Å². The van der Waals surface area contributed by atoms with Crippen molar-refractivity contribution >= 4 is 22.7 Å². The first-order chi connectivity index (χ1) is 15.6. The number of nitrogens with two attached hydrogens (primary N) is 1. The van der Waals surface area contributed by atoms with Crippen LogP contribution in [0, 0.1) is 10.1 Å². The normalized spacial score (nSPS) is 9.88. The van der Waals surface area contributed by atoms with E-state index in [1.54, 1.807) is 24.5 Å². The van der Waals surface area contributed by atoms with Gasteiger partial charge in [0.1, 0.15) is 0 Å². The Hall–Kier alpha value is -4.46. The van der Waals surface area contributed by atoms with Crippen molar-refractivity contribution in [1.82, 2.24) is 9.97 Å². The molecule has 0 spiro atoms. The highest BCUT2D eigenvalue weighted by Crippen LogP contribution is 2.16. The molecule has 4 aromatic rings. The number of benzene rings is 2. The molecular formula is C24H24N6O2. The Morgan fingerprint density at radius 3 is 1.59 bits per heavy atom. The molecule has 162 valence electrons. The predicted molar refractivity (Wildman–Crippen MR) is 127 cm³/mol. The number of pyridine rings is 2. The van der Waals surface area contributed by atoms with Crippen molar-refractivity contribution in [1.29, 1.82) is 0 Å². The van der Waals surface area contributed by atoms with E-state index in [9.17, 15) is 10.1 Å². The van der Waals surface area contributed by atoms with Gasteiger partial charge in [0, 0.05) is 41.6 Å². The Morgan fingerprint density at radius 1 is 0.719 bits per heavy atom. The Bertz CT molecular complexity index is 1090. The van der Waals surface area contributed by atoms with Crippen molar-refractivity contribution in [2.75, 3.05) is 16.4 Å². The summed E-state index contributed by atoms with van der Waals surface area (Å²) in [7, 11) is 0. The monoisotopic (exact) mass is 428 g/mol. The summed E-state index contributed by atoms with van der Waals surface area (Å²) in [5.74, 6) is 0. The fourth-order valence-electron chi connectivity index (χ4n) is 2.69. The number of hydrogen-bond acceptors (Lipinski definition) is 7. The summed E-state index contributed by atoms with van der Waals surface area (Å²) < 4.78 is 0. The molecule has 2 heterocycles. The van der Waals surface area contributed by atoms with Crippen LogP contribution in [0.2, 0.25) is 0 Å². The molecule has 0 saturated carbocycles. The first kappa shape index (κ1) is 22.2. The standard InChI is InChI=1S/C12H11N3O2.C12H13N3/c16-15(17)12-6-4-10(5-7-12)14-9-11-3-1-2-8-13-11;13-10-4-6-11(7-5-10)15-9-12-3-1-2-8-14-12/h1-8,14H,9H2;1-8,15H,9,13H2. The van der Waals surface area contributed by atoms with E-state index in [1.807, 2.05) is 60.7 Å². The molecule has 2 aromatic carbocycles. The first-order valence-corrected chi connectivity index (χ1v) is 9.98. The van der Waals surface area contributed by atoms with Crippen molar-refractivity contribution in [2.45, 2.75) is 13.1 Å². The quantitative estimate of drug-likeness (QED) is 0.218. The first-order valence-electron chi connectivity index (χ1n) is 9.98. The van der Waals surface area contributed by atoms with Crippen molar-refractivity contribution in [2.24, 2.45) is 0 Å². The van der Waals surface area contributed by atoms with Gasteiger partial charge in [0.05, 0.1) is 29.4 Å². The van der Waals surface area contributed by atoms with Crippen molar-refractivity contribution in [3.63, 3.8) is 0 Å². The van der Waals surface area contributed by atoms with Gasteiger partial charge in [0.25, 0.3) is 5.69 Å². The molecule has 2 aromatic heterocycles. The number of nitrogens with one attached hydrogen (secondary N) is 2. The number of anilines is 3. The molecule has 8 heteroatoms. The molecule has 4 N–H and O–H groups in total. The fraction of sp³-hybridized carbons (Fsp3) is 0.0833. The maximum absolute atomic E-state index is 10.5. The number of nitrogen functional groups attached to an aromatic ring is 1. The van der Waals surface area contributed by atoms with E-state index in [2.05, 4.69) is 20.6 Å². The minimum absolute atomic E-state index is 0.0911. The Kier molecular flexibility index (Phi) is 8.10. The zero-order valence-corrected chi connectivity index (χ0v) is 17.4. The van der Waals surface area contributed by atoms with E-state index in [-0.39, 0.29) is 5.69 Å². The molecule has 0 aliphatic heterocycles. The van der Waals surface area contributed by atoms with Crippen LogP contribution in [0.25, 0.3) is 0 Å². The van der Waals surface area contributed by atoms with Crippen LogP contribution in [-0.2, 0) is 13.1 Å². The average Bonchev–Trinajstić information content (AvgIpc) is 2.84. The molecular weight excluding hydrogens is 404 g/mol. The van der Waals surface area contributed by atoms with Gasteiger partial charge in [-0.2, -0.15) is 0 Å². The van der Waals surface area contributed by atoms with Gasteiger partial charge in [-0.1, -0.05) is 12.1 Å². The van der Waals surface area contributed by atoms with Gasteiger partial charge in [-0.05, 0) is 60.7 Å². The highest BCUT2D eigenvalue weighted by atomic mass is 16.6. The summed E-state index contributed by atoms with van der Waals surface area (Å²) in [6.07, 6.45) is 3.52. The highest BCUT2D eigenvalue weighted by Gasteiger charge is 2.03. The number of aromatic nitrogens is 2. The summed E-state index contributed by atoms with van der Waals surface area (Å²) >= 11 is 0. The van der Waals surface area contributed by atoms with Crippen LogP contribution in [0.5, 0.6) is 0 Å². The highest BCUT2D eigenvalue weighted by molar-refractivity contribution is 5.51. The van der Waals surface area contributed by atoms with Gasteiger partial charge in [-0.25, -0.2) is 0 Å². The molecule has 0 bridgehead atoms. The second-order valence-corrected chi connectivity index (χ2v) is 6.78. The van der Waals surface area contributed by atoms with Crippen LogP contribution in [0.15, 0.2) is 97.3 Å². The van der Waals surface area contributed by atoms with E-state index in [0.29, 0.717) is 6.54 Å². The largest absolute Gasteiger partial charge is 0.399 e. The van der Waals surface area contributed by atoms with Crippen LogP contribution in [0.1, 0.15) is 11.4 Å². The molecule has 32 heavy (non-hydrogen) atoms. The minimum atomic E-state index is -0.414. The van der Waals surface area contributed by atoms with Crippen LogP contribution < -0.4 is 16.4 Å². The fourth-order valence-corrected chi connectivity index (χ4v) is 2.69. The number of rotatable bonds is 7. The maximum atomic E-state index is 10.5. The van der Waals surface area contributed by atoms with E-state index in [4.69, 9.17) is 5.73 Å². The van der Waals surface area contributed by atoms with Gasteiger partial charge in [-0.3, -0.25) is 20.1 Å². The number of hydrogen-bond donors (Lipinski definition) is 3. The van der Waals surface area contributed by atoms with Crippen molar-refractivity contribution in [3.05, 3.63) is 119 Å². The lowest BCUT2D eigenvalue weighted by molar-refractivity contribution is -0.384. The second-order valence-electron chi connectivity index (χ2n) is 6.78. The molecule has 8 nitrogen and oxygen atoms in total. The third-order valence-corrected chi connectivity index (χ3v) is 4.39. The summed E-state index contributed by atoms with van der Waals surface area (Å²) in [5, 5.41) is 16.9. The zero-order chi connectivity index (χ0) is 22.6. The molecule has 0 radical (unpaired) electrons. The van der Waals surface area contributed by atoms with Gasteiger partial charge in [-0.15, -0.1) is 0 Å². The summed E-state index contributed by atoms with van der Waals surface area (Å²) in [4.78, 5) is 18.4. The summed E-state index contributed by atoms with van der Waals surface area (Å²) in [5.41, 5.74) is 10.3. The van der Waals surface area contributed by atoms with Crippen molar-refractivity contribution in [3.8, 4) is 0 Å². The lowest BCUT2D eigenvalue weighted by Crippen LogP contribution is -2.00. The van der Waals surface area contributed by atoms with E-state index in [0.717, 1.165) is 35.0 Å². The maximum Gasteiger partial charge on any atom is 0.269 e. The van der Waals surface area contributed by atoms with Gasteiger partial charge in [0.15, 0.2) is 0 Å². The second kappa shape index (κ2) is 11.7. The Balaban J connectivity index is 0.000000182. The minimum Gasteiger partial charge on any atom is -0.399 e. The molecule has 0 saturated heterocycles. The number of nitrogens with zero attached hydrogens (tertiary/aromatic N) is 3. The van der Waals surface area contributed by atoms with E-state index >= 15 is 0 Å².